The molecule has 0 aliphatic carbocycles. The van der Waals surface area contributed by atoms with E-state index in [0.29, 0.717) is 18.5 Å². The Hall–Kier alpha value is -2.90. The molecule has 1 aromatic heterocycles. The fraction of sp³-hybridized carbons (Fsp3) is 0.600. The van der Waals surface area contributed by atoms with Crippen LogP contribution in [0.2, 0.25) is 0 Å². The lowest BCUT2D eigenvalue weighted by Gasteiger charge is -2.30. The van der Waals surface area contributed by atoms with Crippen molar-refractivity contribution in [1.29, 1.82) is 0 Å². The zero-order chi connectivity index (χ0) is 23.0. The second kappa shape index (κ2) is 11.3. The minimum absolute atomic E-state index is 0.462. The van der Waals surface area contributed by atoms with E-state index in [2.05, 4.69) is 28.7 Å². The first-order valence-electron chi connectivity index (χ1n) is 12.4. The Morgan fingerprint density at radius 3 is 2.06 bits per heavy atom. The molecular weight excluding hydrogens is 414 g/mol. The Morgan fingerprint density at radius 2 is 1.48 bits per heavy atom. The van der Waals surface area contributed by atoms with Gasteiger partial charge in [0.1, 0.15) is 5.75 Å². The molecule has 2 fully saturated rings. The molecule has 1 aromatic carbocycles. The highest BCUT2D eigenvalue weighted by atomic mass is 16.5. The number of piperidine rings is 2. The highest BCUT2D eigenvalue weighted by molar-refractivity contribution is 5.84. The summed E-state index contributed by atoms with van der Waals surface area (Å²) in [6, 6.07) is 7.97. The number of hydrazone groups is 1. The van der Waals surface area contributed by atoms with Gasteiger partial charge in [-0.2, -0.15) is 20.1 Å². The number of rotatable bonds is 8. The summed E-state index contributed by atoms with van der Waals surface area (Å²) in [7, 11) is 1.89. The molecule has 0 saturated carbocycles. The molecule has 33 heavy (non-hydrogen) atoms. The SMILES string of the molecule is CC(C)COc1ccccc1/C=N\N(C)c1nc(N2CCCCC2)nc(N2CCCCC2)n1. The number of benzene rings is 1. The number of anilines is 3. The molecule has 3 heterocycles. The van der Waals surface area contributed by atoms with Crippen LogP contribution in [0.3, 0.4) is 0 Å². The van der Waals surface area contributed by atoms with Gasteiger partial charge < -0.3 is 14.5 Å². The van der Waals surface area contributed by atoms with Gasteiger partial charge in [0, 0.05) is 38.8 Å². The molecule has 8 heteroatoms. The lowest BCUT2D eigenvalue weighted by molar-refractivity contribution is 0.270. The van der Waals surface area contributed by atoms with Gasteiger partial charge in [-0.1, -0.05) is 26.0 Å². The molecule has 4 rings (SSSR count). The topological polar surface area (TPSA) is 70.0 Å². The average molecular weight is 452 g/mol. The standard InChI is InChI=1S/C25H37N7O/c1-20(2)19-33-22-13-7-6-12-21(22)18-26-30(3)23-27-24(31-14-8-4-9-15-31)29-25(28-23)32-16-10-5-11-17-32/h6-7,12-13,18,20H,4-5,8-11,14-17,19H2,1-3H3/b26-18-. The largest absolute Gasteiger partial charge is 0.493 e. The molecule has 2 aliphatic heterocycles. The van der Waals surface area contributed by atoms with E-state index >= 15 is 0 Å². The molecule has 0 unspecified atom stereocenters. The van der Waals surface area contributed by atoms with E-state index in [0.717, 1.165) is 49.4 Å². The third-order valence-electron chi connectivity index (χ3n) is 6.03. The lowest BCUT2D eigenvalue weighted by Crippen LogP contribution is -2.35. The number of hydrogen-bond acceptors (Lipinski definition) is 8. The fourth-order valence-corrected chi connectivity index (χ4v) is 4.13. The summed E-state index contributed by atoms with van der Waals surface area (Å²) in [6.07, 6.45) is 9.09. The molecule has 2 aliphatic rings. The number of ether oxygens (including phenoxy) is 1. The molecule has 2 aromatic rings. The van der Waals surface area contributed by atoms with Crippen molar-refractivity contribution in [2.45, 2.75) is 52.4 Å². The predicted octanol–water partition coefficient (Wildman–Crippen LogP) is 4.36. The van der Waals surface area contributed by atoms with Crippen LogP contribution in [-0.4, -0.2) is 61.0 Å². The van der Waals surface area contributed by atoms with Gasteiger partial charge in [-0.3, -0.25) is 0 Å². The quantitative estimate of drug-likeness (QED) is 0.436. The third-order valence-corrected chi connectivity index (χ3v) is 6.03. The lowest BCUT2D eigenvalue weighted by atomic mass is 10.1. The van der Waals surface area contributed by atoms with Crippen molar-refractivity contribution in [3.8, 4) is 5.75 Å². The zero-order valence-electron chi connectivity index (χ0n) is 20.3. The zero-order valence-corrected chi connectivity index (χ0v) is 20.3. The molecule has 0 atom stereocenters. The van der Waals surface area contributed by atoms with E-state index < -0.39 is 0 Å². The van der Waals surface area contributed by atoms with Crippen molar-refractivity contribution in [1.82, 2.24) is 15.0 Å². The Labute approximate surface area is 197 Å². The molecular formula is C25H37N7O. The van der Waals surface area contributed by atoms with Crippen molar-refractivity contribution in [2.75, 3.05) is 54.6 Å². The summed E-state index contributed by atoms with van der Waals surface area (Å²) < 4.78 is 5.97. The highest BCUT2D eigenvalue weighted by Gasteiger charge is 2.21. The van der Waals surface area contributed by atoms with Gasteiger partial charge in [-0.15, -0.1) is 0 Å². The third kappa shape index (κ3) is 6.33. The van der Waals surface area contributed by atoms with E-state index in [-0.39, 0.29) is 0 Å². The second-order valence-electron chi connectivity index (χ2n) is 9.34. The number of hydrogen-bond donors (Lipinski definition) is 0. The molecule has 0 amide bonds. The van der Waals surface area contributed by atoms with Gasteiger partial charge in [0.05, 0.1) is 12.8 Å². The van der Waals surface area contributed by atoms with Crippen molar-refractivity contribution >= 4 is 24.1 Å². The van der Waals surface area contributed by atoms with Gasteiger partial charge in [0.25, 0.3) is 5.95 Å². The maximum absolute atomic E-state index is 5.97. The van der Waals surface area contributed by atoms with Crippen LogP contribution in [0, 0.1) is 5.92 Å². The van der Waals surface area contributed by atoms with Crippen LogP contribution in [0.15, 0.2) is 29.4 Å². The first kappa shape index (κ1) is 23.3. The van der Waals surface area contributed by atoms with E-state index in [1.54, 1.807) is 5.01 Å². The van der Waals surface area contributed by atoms with Crippen LogP contribution in [0.25, 0.3) is 0 Å². The molecule has 0 radical (unpaired) electrons. The monoisotopic (exact) mass is 451 g/mol. The van der Waals surface area contributed by atoms with E-state index in [9.17, 15) is 0 Å². The van der Waals surface area contributed by atoms with Gasteiger partial charge in [-0.05, 0) is 56.6 Å². The van der Waals surface area contributed by atoms with Crippen LogP contribution in [0.5, 0.6) is 5.75 Å². The summed E-state index contributed by atoms with van der Waals surface area (Å²) in [5.41, 5.74) is 0.937. The first-order valence-corrected chi connectivity index (χ1v) is 12.4. The number of aromatic nitrogens is 3. The van der Waals surface area contributed by atoms with Crippen molar-refractivity contribution in [2.24, 2.45) is 11.0 Å². The fourth-order valence-electron chi connectivity index (χ4n) is 4.13. The van der Waals surface area contributed by atoms with Gasteiger partial charge in [0.2, 0.25) is 11.9 Å². The summed E-state index contributed by atoms with van der Waals surface area (Å²) >= 11 is 0. The number of nitrogens with zero attached hydrogens (tertiary/aromatic N) is 7. The summed E-state index contributed by atoms with van der Waals surface area (Å²) in [4.78, 5) is 19.0. The summed E-state index contributed by atoms with van der Waals surface area (Å²) in [6.45, 7) is 8.95. The minimum atomic E-state index is 0.462. The van der Waals surface area contributed by atoms with E-state index in [4.69, 9.17) is 19.7 Å². The predicted molar refractivity (Wildman–Crippen MR) is 135 cm³/mol. The number of para-hydroxylation sites is 1. The van der Waals surface area contributed by atoms with Crippen LogP contribution in [0.1, 0.15) is 57.9 Å². The highest BCUT2D eigenvalue weighted by Crippen LogP contribution is 2.24. The average Bonchev–Trinajstić information content (AvgIpc) is 2.87. The van der Waals surface area contributed by atoms with E-state index in [1.807, 2.05) is 37.5 Å². The Kier molecular flexibility index (Phi) is 7.96. The van der Waals surface area contributed by atoms with Crippen molar-refractivity contribution < 1.29 is 4.74 Å². The van der Waals surface area contributed by atoms with Crippen LogP contribution >= 0.6 is 0 Å². The molecule has 2 saturated heterocycles. The Bertz CT molecular complexity index is 884. The minimum Gasteiger partial charge on any atom is -0.493 e. The molecule has 0 bridgehead atoms. The summed E-state index contributed by atoms with van der Waals surface area (Å²) in [5.74, 6) is 3.40. The van der Waals surface area contributed by atoms with Gasteiger partial charge >= 0.3 is 0 Å². The van der Waals surface area contributed by atoms with Crippen LogP contribution in [0.4, 0.5) is 17.8 Å². The van der Waals surface area contributed by atoms with Crippen LogP contribution < -0.4 is 19.5 Å². The maximum atomic E-state index is 5.97. The molecule has 178 valence electrons. The summed E-state index contributed by atoms with van der Waals surface area (Å²) in [5, 5.41) is 6.40. The maximum Gasteiger partial charge on any atom is 0.252 e. The Balaban J connectivity index is 1.58. The van der Waals surface area contributed by atoms with Crippen molar-refractivity contribution in [3.63, 3.8) is 0 Å². The Morgan fingerprint density at radius 1 is 0.909 bits per heavy atom. The molecule has 8 nitrogen and oxygen atoms in total. The van der Waals surface area contributed by atoms with Crippen molar-refractivity contribution in [3.05, 3.63) is 29.8 Å². The van der Waals surface area contributed by atoms with E-state index in [1.165, 1.54) is 38.5 Å². The molecule has 0 spiro atoms. The first-order chi connectivity index (χ1) is 16.1. The second-order valence-corrected chi connectivity index (χ2v) is 9.34. The van der Waals surface area contributed by atoms with Crippen LogP contribution in [-0.2, 0) is 0 Å². The molecule has 0 N–H and O–H groups in total. The van der Waals surface area contributed by atoms with Gasteiger partial charge in [0.15, 0.2) is 0 Å². The smallest absolute Gasteiger partial charge is 0.252 e. The normalized spacial score (nSPS) is 17.1. The van der Waals surface area contributed by atoms with Gasteiger partial charge in [-0.25, -0.2) is 5.01 Å².